The summed E-state index contributed by atoms with van der Waals surface area (Å²) < 4.78 is 2.06. The summed E-state index contributed by atoms with van der Waals surface area (Å²) in [5, 5.41) is 6.62. The summed E-state index contributed by atoms with van der Waals surface area (Å²) in [7, 11) is 0. The molecule has 7 nitrogen and oxygen atoms in total. The fourth-order valence-electron chi connectivity index (χ4n) is 3.40. The molecule has 0 spiro atoms. The lowest BCUT2D eigenvalue weighted by Gasteiger charge is -2.13. The van der Waals surface area contributed by atoms with Gasteiger partial charge in [-0.15, -0.1) is 0 Å². The Kier molecular flexibility index (Phi) is 7.16. The van der Waals surface area contributed by atoms with E-state index in [4.69, 9.17) is 23.2 Å². The number of carbonyl (C=O) groups is 3. The van der Waals surface area contributed by atoms with Crippen LogP contribution >= 0.6 is 39.1 Å². The predicted molar refractivity (Wildman–Crippen MR) is 143 cm³/mol. The molecule has 3 N–H and O–H groups in total. The van der Waals surface area contributed by atoms with Crippen LogP contribution in [-0.2, 0) is 9.59 Å². The van der Waals surface area contributed by atoms with E-state index in [1.807, 2.05) is 19.9 Å². The first-order chi connectivity index (χ1) is 16.6. The van der Waals surface area contributed by atoms with E-state index < -0.39 is 17.7 Å². The summed E-state index contributed by atoms with van der Waals surface area (Å²) in [4.78, 5) is 38.5. The van der Waals surface area contributed by atoms with E-state index in [0.717, 1.165) is 15.6 Å². The van der Waals surface area contributed by atoms with Crippen molar-refractivity contribution in [1.82, 2.24) is 4.68 Å². The van der Waals surface area contributed by atoms with Crippen molar-refractivity contribution >= 4 is 79.1 Å². The molecular formula is C25H19BrCl2N4O3. The quantitative estimate of drug-likeness (QED) is 0.251. The van der Waals surface area contributed by atoms with E-state index in [-0.39, 0.29) is 10.7 Å². The van der Waals surface area contributed by atoms with Crippen LogP contribution in [0, 0.1) is 13.8 Å². The Balaban J connectivity index is 1.62. The number of anilines is 2. The maximum absolute atomic E-state index is 13.1. The number of nitrogens with zero attached hydrogens (tertiary/aromatic N) is 1. The Bertz CT molecular complexity index is 1500. The molecule has 4 aromatic rings. The van der Waals surface area contributed by atoms with Crippen molar-refractivity contribution in [2.75, 3.05) is 16.1 Å². The van der Waals surface area contributed by atoms with Crippen LogP contribution in [0.25, 0.3) is 10.9 Å². The van der Waals surface area contributed by atoms with Gasteiger partial charge in [-0.2, -0.15) is 0 Å². The number of aromatic nitrogens is 1. The summed E-state index contributed by atoms with van der Waals surface area (Å²) in [5.74, 6) is -2.33. The molecule has 0 atom stereocenters. The van der Waals surface area contributed by atoms with Crippen molar-refractivity contribution in [3.8, 4) is 0 Å². The van der Waals surface area contributed by atoms with E-state index in [1.54, 1.807) is 48.5 Å². The van der Waals surface area contributed by atoms with Gasteiger partial charge in [-0.05, 0) is 79.6 Å². The molecule has 3 amide bonds. The number of hydrogen-bond acceptors (Lipinski definition) is 3. The minimum atomic E-state index is -0.938. The van der Waals surface area contributed by atoms with E-state index in [1.165, 1.54) is 10.7 Å². The molecule has 10 heteroatoms. The number of benzene rings is 3. The second-order valence-electron chi connectivity index (χ2n) is 7.85. The zero-order valence-electron chi connectivity index (χ0n) is 18.6. The summed E-state index contributed by atoms with van der Waals surface area (Å²) in [6, 6.07) is 16.9. The van der Waals surface area contributed by atoms with Gasteiger partial charge in [0.25, 0.3) is 5.91 Å². The highest BCUT2D eigenvalue weighted by molar-refractivity contribution is 9.10. The number of carbonyl (C=O) groups excluding carboxylic acids is 3. The Morgan fingerprint density at radius 2 is 1.49 bits per heavy atom. The van der Waals surface area contributed by atoms with Gasteiger partial charge in [-0.25, -0.2) is 4.68 Å². The highest BCUT2D eigenvalue weighted by atomic mass is 79.9. The van der Waals surface area contributed by atoms with Crippen molar-refractivity contribution in [1.29, 1.82) is 0 Å². The van der Waals surface area contributed by atoms with Crippen molar-refractivity contribution in [2.45, 2.75) is 13.8 Å². The van der Waals surface area contributed by atoms with Crippen molar-refractivity contribution < 1.29 is 14.4 Å². The van der Waals surface area contributed by atoms with Gasteiger partial charge in [-0.3, -0.25) is 19.8 Å². The Morgan fingerprint density at radius 1 is 0.771 bits per heavy atom. The minimum absolute atomic E-state index is 0.108. The molecule has 0 aliphatic carbocycles. The first-order valence-electron chi connectivity index (χ1n) is 10.4. The Labute approximate surface area is 219 Å². The third-order valence-corrected chi connectivity index (χ3v) is 6.59. The Hall–Kier alpha value is -3.33. The predicted octanol–water partition coefficient (Wildman–Crippen LogP) is 6.29. The standard InChI is InChI=1S/C25H19BrCl2N4O3/c1-13-3-5-17(9-14(13)2)30-24(34)25(35)31-32-21-8-4-16(26)10-15(21)11-22(32)23(33)29-18-6-7-19(27)20(28)12-18/h3-12H,1-2H3,(H,29,33)(H,30,34)(H,31,35). The van der Waals surface area contributed by atoms with Crippen LogP contribution in [0.15, 0.2) is 65.1 Å². The second-order valence-corrected chi connectivity index (χ2v) is 9.58. The molecule has 178 valence electrons. The number of rotatable bonds is 4. The van der Waals surface area contributed by atoms with Gasteiger partial charge in [0.1, 0.15) is 5.69 Å². The third kappa shape index (κ3) is 5.51. The van der Waals surface area contributed by atoms with E-state index in [9.17, 15) is 14.4 Å². The van der Waals surface area contributed by atoms with E-state index >= 15 is 0 Å². The highest BCUT2D eigenvalue weighted by Crippen LogP contribution is 2.27. The topological polar surface area (TPSA) is 92.2 Å². The lowest BCUT2D eigenvalue weighted by molar-refractivity contribution is -0.133. The van der Waals surface area contributed by atoms with Gasteiger partial charge in [-0.1, -0.05) is 45.2 Å². The number of halogens is 3. The number of fused-ring (bicyclic) bond motifs is 1. The highest BCUT2D eigenvalue weighted by Gasteiger charge is 2.21. The molecule has 35 heavy (non-hydrogen) atoms. The van der Waals surface area contributed by atoms with Gasteiger partial charge in [0.2, 0.25) is 0 Å². The van der Waals surface area contributed by atoms with Gasteiger partial charge >= 0.3 is 11.8 Å². The second kappa shape index (κ2) is 10.1. The van der Waals surface area contributed by atoms with Crippen LogP contribution in [-0.4, -0.2) is 22.4 Å². The first kappa shape index (κ1) is 24.8. The fourth-order valence-corrected chi connectivity index (χ4v) is 4.08. The molecule has 1 heterocycles. The average Bonchev–Trinajstić information content (AvgIpc) is 3.16. The number of hydrogen-bond donors (Lipinski definition) is 3. The summed E-state index contributed by atoms with van der Waals surface area (Å²) in [6.07, 6.45) is 0. The smallest absolute Gasteiger partial charge is 0.321 e. The zero-order valence-corrected chi connectivity index (χ0v) is 21.7. The third-order valence-electron chi connectivity index (χ3n) is 5.36. The molecule has 0 saturated heterocycles. The summed E-state index contributed by atoms with van der Waals surface area (Å²) >= 11 is 15.4. The number of amides is 3. The normalized spacial score (nSPS) is 10.8. The van der Waals surface area contributed by atoms with Crippen LogP contribution < -0.4 is 16.1 Å². The van der Waals surface area contributed by atoms with Crippen molar-refractivity contribution in [2.24, 2.45) is 0 Å². The van der Waals surface area contributed by atoms with Gasteiger partial charge in [0.05, 0.1) is 15.6 Å². The van der Waals surface area contributed by atoms with Gasteiger partial charge < -0.3 is 10.6 Å². The molecule has 0 saturated carbocycles. The molecule has 0 aliphatic heterocycles. The summed E-state index contributed by atoms with van der Waals surface area (Å²) in [6.45, 7) is 3.86. The zero-order chi connectivity index (χ0) is 25.3. The first-order valence-corrected chi connectivity index (χ1v) is 11.9. The molecule has 0 aliphatic rings. The maximum Gasteiger partial charge on any atom is 0.328 e. The van der Waals surface area contributed by atoms with Crippen molar-refractivity contribution in [3.05, 3.63) is 92.0 Å². The van der Waals surface area contributed by atoms with Crippen LogP contribution in [0.3, 0.4) is 0 Å². The molecule has 0 unspecified atom stereocenters. The lowest BCUT2D eigenvalue weighted by Crippen LogP contribution is -2.36. The SMILES string of the molecule is Cc1ccc(NC(=O)C(=O)Nn2c(C(=O)Nc3ccc(Cl)c(Cl)c3)cc3cc(Br)ccc32)cc1C. The Morgan fingerprint density at radius 3 is 2.20 bits per heavy atom. The number of nitrogens with one attached hydrogen (secondary N) is 3. The average molecular weight is 574 g/mol. The molecule has 0 radical (unpaired) electrons. The molecule has 3 aromatic carbocycles. The van der Waals surface area contributed by atoms with E-state index in [2.05, 4.69) is 32.0 Å². The van der Waals surface area contributed by atoms with Crippen LogP contribution in [0.5, 0.6) is 0 Å². The molecule has 1 aromatic heterocycles. The minimum Gasteiger partial charge on any atom is -0.321 e. The van der Waals surface area contributed by atoms with Crippen LogP contribution in [0.4, 0.5) is 11.4 Å². The summed E-state index contributed by atoms with van der Waals surface area (Å²) in [5.41, 5.74) is 6.12. The monoisotopic (exact) mass is 572 g/mol. The van der Waals surface area contributed by atoms with Gasteiger partial charge in [0.15, 0.2) is 0 Å². The van der Waals surface area contributed by atoms with Crippen LogP contribution in [0.2, 0.25) is 10.0 Å². The van der Waals surface area contributed by atoms with Crippen molar-refractivity contribution in [3.63, 3.8) is 0 Å². The molecule has 0 fully saturated rings. The molecular weight excluding hydrogens is 555 g/mol. The fraction of sp³-hybridized carbons (Fsp3) is 0.0800. The largest absolute Gasteiger partial charge is 0.328 e. The molecule has 0 bridgehead atoms. The molecule has 4 rings (SSSR count). The van der Waals surface area contributed by atoms with E-state index in [0.29, 0.717) is 27.3 Å². The van der Waals surface area contributed by atoms with Crippen LogP contribution in [0.1, 0.15) is 21.6 Å². The lowest BCUT2D eigenvalue weighted by atomic mass is 10.1. The number of aryl methyl sites for hydroxylation is 2. The van der Waals surface area contributed by atoms with Gasteiger partial charge in [0, 0.05) is 21.2 Å². The maximum atomic E-state index is 13.1.